The topological polar surface area (TPSA) is 61.4 Å². The van der Waals surface area contributed by atoms with Gasteiger partial charge in [-0.15, -0.1) is 0 Å². The minimum Gasteiger partial charge on any atom is -0.389 e. The van der Waals surface area contributed by atoms with E-state index in [1.165, 1.54) is 6.92 Å². The summed E-state index contributed by atoms with van der Waals surface area (Å²) in [5.41, 5.74) is -0.671. The van der Waals surface area contributed by atoms with Crippen molar-refractivity contribution in [2.45, 2.75) is 64.3 Å². The number of aliphatic hydroxyl groups is 1. The predicted molar refractivity (Wildman–Crippen MR) is 73.7 cm³/mol. The Morgan fingerprint density at radius 2 is 1.76 bits per heavy atom. The number of halogens is 3. The van der Waals surface area contributed by atoms with Gasteiger partial charge in [-0.2, -0.15) is 13.2 Å². The average molecular weight is 310 g/mol. The molecule has 0 heterocycles. The molecule has 1 aliphatic rings. The fraction of sp³-hybridized carbons (Fsp3) is 0.929. The minimum absolute atomic E-state index is 0.210. The van der Waals surface area contributed by atoms with Crippen molar-refractivity contribution in [2.24, 2.45) is 5.41 Å². The molecule has 3 N–H and O–H groups in total. The van der Waals surface area contributed by atoms with Gasteiger partial charge in [-0.3, -0.25) is 4.79 Å². The molecular formula is C14H25F3N2O2. The monoisotopic (exact) mass is 310 g/mol. The molecule has 1 unspecified atom stereocenters. The standard InChI is InChI=1S/C14H25F3N2O2/c1-10(11(20)19-9-14(15,16)17)18-8-13(21)6-4-12(2,3)5-7-13/h10,18,21H,4-9H2,1-3H3,(H,19,20). The zero-order chi connectivity index (χ0) is 16.3. The molecule has 7 heteroatoms. The van der Waals surface area contributed by atoms with Crippen LogP contribution in [0.25, 0.3) is 0 Å². The maximum Gasteiger partial charge on any atom is 0.405 e. The van der Waals surface area contributed by atoms with E-state index in [-0.39, 0.29) is 12.0 Å². The van der Waals surface area contributed by atoms with E-state index in [1.54, 1.807) is 0 Å². The first-order valence-electron chi connectivity index (χ1n) is 7.23. The van der Waals surface area contributed by atoms with Gasteiger partial charge in [0.25, 0.3) is 0 Å². The van der Waals surface area contributed by atoms with Crippen molar-refractivity contribution in [3.8, 4) is 0 Å². The number of hydrogen-bond donors (Lipinski definition) is 3. The normalized spacial score (nSPS) is 22.6. The summed E-state index contributed by atoms with van der Waals surface area (Å²) in [6, 6.07) is -0.772. The lowest BCUT2D eigenvalue weighted by atomic mass is 9.71. The number of nitrogens with one attached hydrogen (secondary N) is 2. The van der Waals surface area contributed by atoms with Crippen LogP contribution in [-0.2, 0) is 4.79 Å². The van der Waals surface area contributed by atoms with Crippen LogP contribution in [0.2, 0.25) is 0 Å². The summed E-state index contributed by atoms with van der Waals surface area (Å²) in [5.74, 6) is -0.716. The smallest absolute Gasteiger partial charge is 0.389 e. The molecule has 1 fully saturated rings. The van der Waals surface area contributed by atoms with E-state index in [4.69, 9.17) is 0 Å². The highest BCUT2D eigenvalue weighted by Crippen LogP contribution is 2.39. The van der Waals surface area contributed by atoms with Gasteiger partial charge in [-0.1, -0.05) is 13.8 Å². The first kappa shape index (κ1) is 18.2. The van der Waals surface area contributed by atoms with Gasteiger partial charge in [0.15, 0.2) is 0 Å². The second-order valence-corrected chi connectivity index (χ2v) is 6.82. The molecule has 21 heavy (non-hydrogen) atoms. The molecule has 124 valence electrons. The van der Waals surface area contributed by atoms with Gasteiger partial charge in [0, 0.05) is 6.54 Å². The molecule has 1 aliphatic carbocycles. The summed E-state index contributed by atoms with van der Waals surface area (Å²) >= 11 is 0. The number of amides is 1. The van der Waals surface area contributed by atoms with Crippen molar-refractivity contribution < 1.29 is 23.1 Å². The van der Waals surface area contributed by atoms with Crippen LogP contribution >= 0.6 is 0 Å². The van der Waals surface area contributed by atoms with Crippen molar-refractivity contribution in [3.63, 3.8) is 0 Å². The van der Waals surface area contributed by atoms with E-state index in [2.05, 4.69) is 19.2 Å². The lowest BCUT2D eigenvalue weighted by Crippen LogP contribution is -2.51. The highest BCUT2D eigenvalue weighted by Gasteiger charge is 2.37. The van der Waals surface area contributed by atoms with Gasteiger partial charge < -0.3 is 15.7 Å². The Labute approximate surface area is 123 Å². The quantitative estimate of drug-likeness (QED) is 0.727. The van der Waals surface area contributed by atoms with Crippen LogP contribution in [0, 0.1) is 5.41 Å². The van der Waals surface area contributed by atoms with Gasteiger partial charge in [0.1, 0.15) is 6.54 Å². The van der Waals surface area contributed by atoms with E-state index >= 15 is 0 Å². The molecule has 0 bridgehead atoms. The number of hydrogen-bond acceptors (Lipinski definition) is 3. The van der Waals surface area contributed by atoms with Crippen LogP contribution in [0.15, 0.2) is 0 Å². The molecule has 0 saturated heterocycles. The summed E-state index contributed by atoms with van der Waals surface area (Å²) in [7, 11) is 0. The molecule has 0 radical (unpaired) electrons. The summed E-state index contributed by atoms with van der Waals surface area (Å²) in [5, 5.41) is 15.1. The first-order valence-corrected chi connectivity index (χ1v) is 7.23. The molecule has 0 aromatic carbocycles. The molecule has 0 aromatic heterocycles. The zero-order valence-electron chi connectivity index (χ0n) is 12.8. The molecule has 0 aromatic rings. The third-order valence-electron chi connectivity index (χ3n) is 4.13. The van der Waals surface area contributed by atoms with Crippen molar-refractivity contribution in [1.82, 2.24) is 10.6 Å². The molecule has 1 rings (SSSR count). The van der Waals surface area contributed by atoms with Crippen LogP contribution in [0.1, 0.15) is 46.5 Å². The summed E-state index contributed by atoms with van der Waals surface area (Å²) < 4.78 is 36.0. The Balaban J connectivity index is 2.35. The fourth-order valence-corrected chi connectivity index (χ4v) is 2.35. The largest absolute Gasteiger partial charge is 0.405 e. The Hall–Kier alpha value is -0.820. The highest BCUT2D eigenvalue weighted by atomic mass is 19.4. The molecular weight excluding hydrogens is 285 g/mol. The van der Waals surface area contributed by atoms with Crippen LogP contribution in [0.4, 0.5) is 13.2 Å². The van der Waals surface area contributed by atoms with Crippen molar-refractivity contribution in [3.05, 3.63) is 0 Å². The Morgan fingerprint density at radius 1 is 1.24 bits per heavy atom. The summed E-state index contributed by atoms with van der Waals surface area (Å²) in [6.45, 7) is 4.66. The second kappa shape index (κ2) is 6.52. The van der Waals surface area contributed by atoms with E-state index in [1.807, 2.05) is 5.32 Å². The third-order valence-corrected chi connectivity index (χ3v) is 4.13. The fourth-order valence-electron chi connectivity index (χ4n) is 2.35. The number of rotatable bonds is 5. The van der Waals surface area contributed by atoms with Gasteiger partial charge in [-0.25, -0.2) is 0 Å². The predicted octanol–water partition coefficient (Wildman–Crippen LogP) is 1.97. The van der Waals surface area contributed by atoms with E-state index in [9.17, 15) is 23.1 Å². The van der Waals surface area contributed by atoms with Crippen LogP contribution in [-0.4, -0.2) is 41.9 Å². The average Bonchev–Trinajstić information content (AvgIpc) is 2.36. The van der Waals surface area contributed by atoms with Crippen LogP contribution in [0.5, 0.6) is 0 Å². The van der Waals surface area contributed by atoms with Gasteiger partial charge >= 0.3 is 6.18 Å². The van der Waals surface area contributed by atoms with Crippen LogP contribution in [0.3, 0.4) is 0 Å². The molecule has 4 nitrogen and oxygen atoms in total. The molecule has 0 aliphatic heterocycles. The third kappa shape index (κ3) is 6.65. The van der Waals surface area contributed by atoms with Gasteiger partial charge in [0.05, 0.1) is 11.6 Å². The SMILES string of the molecule is CC(NCC1(O)CCC(C)(C)CC1)C(=O)NCC(F)(F)F. The van der Waals surface area contributed by atoms with Gasteiger partial charge in [0.2, 0.25) is 5.91 Å². The zero-order valence-corrected chi connectivity index (χ0v) is 12.8. The number of carbonyl (C=O) groups excluding carboxylic acids is 1. The van der Waals surface area contributed by atoms with Crippen LogP contribution < -0.4 is 10.6 Å². The molecule has 0 spiro atoms. The highest BCUT2D eigenvalue weighted by molar-refractivity contribution is 5.81. The minimum atomic E-state index is -4.41. The Morgan fingerprint density at radius 3 is 2.24 bits per heavy atom. The van der Waals surface area contributed by atoms with Crippen molar-refractivity contribution >= 4 is 5.91 Å². The molecule has 1 atom stereocenters. The Bertz CT molecular complexity index is 360. The van der Waals surface area contributed by atoms with Gasteiger partial charge in [-0.05, 0) is 38.0 Å². The maximum atomic E-state index is 12.0. The number of alkyl halides is 3. The lowest BCUT2D eigenvalue weighted by molar-refractivity contribution is -0.139. The first-order chi connectivity index (χ1) is 9.43. The molecule has 1 amide bonds. The lowest BCUT2D eigenvalue weighted by Gasteiger charge is -2.40. The summed E-state index contributed by atoms with van der Waals surface area (Å²) in [4.78, 5) is 11.5. The number of carbonyl (C=O) groups is 1. The van der Waals surface area contributed by atoms with E-state index in [0.29, 0.717) is 12.8 Å². The van der Waals surface area contributed by atoms with Crippen molar-refractivity contribution in [2.75, 3.05) is 13.1 Å². The Kier molecular flexibility index (Phi) is 5.66. The van der Waals surface area contributed by atoms with E-state index in [0.717, 1.165) is 12.8 Å². The maximum absolute atomic E-state index is 12.0. The molecule has 1 saturated carbocycles. The van der Waals surface area contributed by atoms with E-state index < -0.39 is 30.3 Å². The second-order valence-electron chi connectivity index (χ2n) is 6.82. The summed E-state index contributed by atoms with van der Waals surface area (Å²) in [6.07, 6.45) is -1.38. The van der Waals surface area contributed by atoms with Crippen molar-refractivity contribution in [1.29, 1.82) is 0 Å².